The zero-order valence-corrected chi connectivity index (χ0v) is 14.7. The van der Waals surface area contributed by atoms with Crippen LogP contribution in [0.15, 0.2) is 59.5 Å². The fourth-order valence-corrected chi connectivity index (χ4v) is 3.56. The van der Waals surface area contributed by atoms with Crippen molar-refractivity contribution < 1.29 is 9.59 Å². The van der Waals surface area contributed by atoms with E-state index in [-0.39, 0.29) is 11.8 Å². The molecular weight excluding hydrogens is 334 g/mol. The van der Waals surface area contributed by atoms with E-state index in [1.54, 1.807) is 11.8 Å². The van der Waals surface area contributed by atoms with E-state index in [0.29, 0.717) is 19.5 Å². The van der Waals surface area contributed by atoms with Crippen LogP contribution in [0.3, 0.4) is 0 Å². The zero-order chi connectivity index (χ0) is 17.5. The van der Waals surface area contributed by atoms with E-state index in [9.17, 15) is 9.59 Å². The second kappa shape index (κ2) is 8.58. The smallest absolute Gasteiger partial charge is 0.239 e. The number of piperazine rings is 1. The van der Waals surface area contributed by atoms with Crippen LogP contribution in [0.1, 0.15) is 6.42 Å². The number of nitrogens with zero attached hydrogens (tertiary/aromatic N) is 1. The second-order valence-corrected chi connectivity index (χ2v) is 6.92. The SMILES string of the molecule is O=C1CN(c2ccccc2NC(=O)CCSc2ccccc2)CCN1. The number of carbonyl (C=O) groups excluding carboxylic acids is 2. The fraction of sp³-hybridized carbons (Fsp3) is 0.263. The van der Waals surface area contributed by atoms with Crippen molar-refractivity contribution in [2.75, 3.05) is 35.6 Å². The third kappa shape index (κ3) is 5.00. The quantitative estimate of drug-likeness (QED) is 0.782. The highest BCUT2D eigenvalue weighted by molar-refractivity contribution is 7.99. The lowest BCUT2D eigenvalue weighted by atomic mass is 10.2. The Balaban J connectivity index is 1.57. The second-order valence-electron chi connectivity index (χ2n) is 5.75. The highest BCUT2D eigenvalue weighted by atomic mass is 32.2. The average Bonchev–Trinajstić information content (AvgIpc) is 2.63. The summed E-state index contributed by atoms with van der Waals surface area (Å²) in [5.74, 6) is 0.716. The maximum absolute atomic E-state index is 12.3. The number of thioether (sulfide) groups is 1. The summed E-state index contributed by atoms with van der Waals surface area (Å²) in [5.41, 5.74) is 1.65. The van der Waals surface area contributed by atoms with Crippen LogP contribution in [-0.2, 0) is 9.59 Å². The van der Waals surface area contributed by atoms with Crippen LogP contribution < -0.4 is 15.5 Å². The lowest BCUT2D eigenvalue weighted by molar-refractivity contribution is -0.120. The first-order valence-corrected chi connectivity index (χ1v) is 9.29. The molecule has 0 radical (unpaired) electrons. The third-order valence-corrected chi connectivity index (χ3v) is 4.91. The minimum Gasteiger partial charge on any atom is -0.359 e. The number of nitrogens with one attached hydrogen (secondary N) is 2. The summed E-state index contributed by atoms with van der Waals surface area (Å²) in [6.07, 6.45) is 0.439. The number of para-hydroxylation sites is 2. The third-order valence-electron chi connectivity index (χ3n) is 3.90. The number of anilines is 2. The largest absolute Gasteiger partial charge is 0.359 e. The van der Waals surface area contributed by atoms with Crippen LogP contribution in [-0.4, -0.2) is 37.2 Å². The van der Waals surface area contributed by atoms with Crippen LogP contribution >= 0.6 is 11.8 Å². The van der Waals surface area contributed by atoms with Crippen molar-refractivity contribution in [2.24, 2.45) is 0 Å². The van der Waals surface area contributed by atoms with Crippen molar-refractivity contribution in [3.8, 4) is 0 Å². The molecule has 6 heteroatoms. The Morgan fingerprint density at radius 1 is 1.12 bits per heavy atom. The number of hydrogen-bond acceptors (Lipinski definition) is 4. The molecule has 0 spiro atoms. The number of hydrogen-bond donors (Lipinski definition) is 2. The van der Waals surface area contributed by atoms with Crippen LogP contribution in [0.2, 0.25) is 0 Å². The molecule has 2 N–H and O–H groups in total. The first-order valence-electron chi connectivity index (χ1n) is 8.31. The molecular formula is C19H21N3O2S. The molecule has 0 unspecified atom stereocenters. The maximum Gasteiger partial charge on any atom is 0.239 e. The molecule has 0 saturated carbocycles. The van der Waals surface area contributed by atoms with E-state index in [1.165, 1.54) is 0 Å². The molecule has 0 aromatic heterocycles. The van der Waals surface area contributed by atoms with Crippen molar-refractivity contribution in [1.82, 2.24) is 5.32 Å². The summed E-state index contributed by atoms with van der Waals surface area (Å²) >= 11 is 1.67. The Morgan fingerprint density at radius 3 is 2.68 bits per heavy atom. The molecule has 2 amide bonds. The summed E-state index contributed by atoms with van der Waals surface area (Å²) < 4.78 is 0. The number of benzene rings is 2. The molecule has 1 aliphatic rings. The lowest BCUT2D eigenvalue weighted by Crippen LogP contribution is -2.47. The molecule has 25 heavy (non-hydrogen) atoms. The molecule has 5 nitrogen and oxygen atoms in total. The first-order chi connectivity index (χ1) is 12.2. The Morgan fingerprint density at radius 2 is 1.88 bits per heavy atom. The van der Waals surface area contributed by atoms with Crippen LogP contribution in [0.4, 0.5) is 11.4 Å². The first kappa shape index (κ1) is 17.4. The van der Waals surface area contributed by atoms with Gasteiger partial charge in [0.25, 0.3) is 0 Å². The molecule has 0 bridgehead atoms. The van der Waals surface area contributed by atoms with Gasteiger partial charge in [-0.25, -0.2) is 0 Å². The van der Waals surface area contributed by atoms with Crippen LogP contribution in [0.5, 0.6) is 0 Å². The summed E-state index contributed by atoms with van der Waals surface area (Å²) in [6, 6.07) is 17.7. The predicted octanol–water partition coefficient (Wildman–Crippen LogP) is 2.74. The van der Waals surface area contributed by atoms with Gasteiger partial charge in [-0.1, -0.05) is 30.3 Å². The van der Waals surface area contributed by atoms with E-state index in [1.807, 2.05) is 59.5 Å². The van der Waals surface area contributed by atoms with Gasteiger partial charge in [-0.05, 0) is 24.3 Å². The lowest BCUT2D eigenvalue weighted by Gasteiger charge is -2.30. The van der Waals surface area contributed by atoms with Crippen molar-refractivity contribution in [2.45, 2.75) is 11.3 Å². The van der Waals surface area contributed by atoms with Gasteiger partial charge >= 0.3 is 0 Å². The summed E-state index contributed by atoms with van der Waals surface area (Å²) in [4.78, 5) is 27.0. The summed E-state index contributed by atoms with van der Waals surface area (Å²) in [6.45, 7) is 1.67. The standard InChI is InChI=1S/C19H21N3O2S/c23-18(10-13-25-15-6-2-1-3-7-15)21-16-8-4-5-9-17(16)22-12-11-20-19(24)14-22/h1-9H,10-14H2,(H,20,24)(H,21,23). The molecule has 1 heterocycles. The van der Waals surface area contributed by atoms with Crippen molar-refractivity contribution in [3.63, 3.8) is 0 Å². The molecule has 1 saturated heterocycles. The minimum atomic E-state index is -0.0163. The van der Waals surface area contributed by atoms with Gasteiger partial charge in [0, 0.05) is 30.2 Å². The molecule has 1 aliphatic heterocycles. The highest BCUT2D eigenvalue weighted by Crippen LogP contribution is 2.26. The van der Waals surface area contributed by atoms with Gasteiger partial charge in [-0.15, -0.1) is 11.8 Å². The molecule has 2 aromatic carbocycles. The summed E-state index contributed by atoms with van der Waals surface area (Å²) in [5, 5.41) is 5.80. The monoisotopic (exact) mass is 355 g/mol. The van der Waals surface area contributed by atoms with Crippen LogP contribution in [0, 0.1) is 0 Å². The average molecular weight is 355 g/mol. The summed E-state index contributed by atoms with van der Waals surface area (Å²) in [7, 11) is 0. The van der Waals surface area contributed by atoms with E-state index in [2.05, 4.69) is 10.6 Å². The Kier molecular flexibility index (Phi) is 5.95. The van der Waals surface area contributed by atoms with E-state index < -0.39 is 0 Å². The Hall–Kier alpha value is -2.47. The van der Waals surface area contributed by atoms with Crippen molar-refractivity contribution in [3.05, 3.63) is 54.6 Å². The Bertz CT molecular complexity index is 736. The van der Waals surface area contributed by atoms with Gasteiger partial charge in [-0.3, -0.25) is 9.59 Å². The van der Waals surface area contributed by atoms with Gasteiger partial charge in [-0.2, -0.15) is 0 Å². The molecule has 130 valence electrons. The minimum absolute atomic E-state index is 0.00615. The number of amides is 2. The molecule has 3 rings (SSSR count). The van der Waals surface area contributed by atoms with E-state index in [4.69, 9.17) is 0 Å². The van der Waals surface area contributed by atoms with Crippen LogP contribution in [0.25, 0.3) is 0 Å². The molecule has 2 aromatic rings. The zero-order valence-electron chi connectivity index (χ0n) is 13.9. The van der Waals surface area contributed by atoms with E-state index in [0.717, 1.165) is 28.6 Å². The fourth-order valence-electron chi connectivity index (χ4n) is 2.69. The molecule has 0 atom stereocenters. The van der Waals surface area contributed by atoms with E-state index >= 15 is 0 Å². The normalized spacial score (nSPS) is 14.1. The van der Waals surface area contributed by atoms with Gasteiger partial charge < -0.3 is 15.5 Å². The number of carbonyl (C=O) groups is 2. The van der Waals surface area contributed by atoms with Crippen molar-refractivity contribution in [1.29, 1.82) is 0 Å². The molecule has 0 aliphatic carbocycles. The van der Waals surface area contributed by atoms with Gasteiger partial charge in [0.1, 0.15) is 0 Å². The maximum atomic E-state index is 12.3. The highest BCUT2D eigenvalue weighted by Gasteiger charge is 2.19. The van der Waals surface area contributed by atoms with Gasteiger partial charge in [0.15, 0.2) is 0 Å². The van der Waals surface area contributed by atoms with Gasteiger partial charge in [0.2, 0.25) is 11.8 Å². The van der Waals surface area contributed by atoms with Crippen molar-refractivity contribution >= 4 is 35.0 Å². The Labute approximate surface area is 151 Å². The topological polar surface area (TPSA) is 61.4 Å². The van der Waals surface area contributed by atoms with Gasteiger partial charge in [0.05, 0.1) is 17.9 Å². The molecule has 1 fully saturated rings. The predicted molar refractivity (Wildman–Crippen MR) is 102 cm³/mol. The number of rotatable bonds is 6.